The fraction of sp³-hybridized carbons (Fsp3) is 0.200. The third-order valence-corrected chi connectivity index (χ3v) is 5.09. The third-order valence-electron chi connectivity index (χ3n) is 3.82. The quantitative estimate of drug-likeness (QED) is 0.520. The van der Waals surface area contributed by atoms with Crippen LogP contribution in [0.1, 0.15) is 41.4 Å². The van der Waals surface area contributed by atoms with Crippen LogP contribution in [0.5, 0.6) is 0 Å². The average Bonchev–Trinajstić information content (AvgIpc) is 3.09. The van der Waals surface area contributed by atoms with Gasteiger partial charge >= 0.3 is 5.97 Å². The van der Waals surface area contributed by atoms with Crippen molar-refractivity contribution in [2.75, 3.05) is 0 Å². The second-order valence-electron chi connectivity index (χ2n) is 5.98. The molecule has 0 spiro atoms. The van der Waals surface area contributed by atoms with Gasteiger partial charge in [0.15, 0.2) is 0 Å². The maximum atomic E-state index is 12.1. The zero-order valence-electron chi connectivity index (χ0n) is 14.0. The summed E-state index contributed by atoms with van der Waals surface area (Å²) in [7, 11) is 0. The Balaban J connectivity index is 1.66. The topological polar surface area (TPSA) is 39.2 Å². The summed E-state index contributed by atoms with van der Waals surface area (Å²) in [6, 6.07) is 15.2. The van der Waals surface area contributed by atoms with Crippen molar-refractivity contribution in [2.24, 2.45) is 0 Å². The van der Waals surface area contributed by atoms with Crippen molar-refractivity contribution in [3.8, 4) is 10.6 Å². The lowest BCUT2D eigenvalue weighted by molar-refractivity contribution is 0.0468. The lowest BCUT2D eigenvalue weighted by Crippen LogP contribution is -2.06. The van der Waals surface area contributed by atoms with E-state index in [1.807, 2.05) is 5.38 Å². The van der Waals surface area contributed by atoms with Crippen LogP contribution in [0.15, 0.2) is 53.9 Å². The zero-order valence-corrected chi connectivity index (χ0v) is 15.6. The van der Waals surface area contributed by atoms with E-state index in [1.165, 1.54) is 16.9 Å². The molecule has 0 amide bonds. The third kappa shape index (κ3) is 4.27. The molecule has 0 aliphatic rings. The number of hydrogen-bond acceptors (Lipinski definition) is 4. The molecular weight excluding hydrogens is 354 g/mol. The molecule has 1 aromatic heterocycles. The molecule has 3 nitrogen and oxygen atoms in total. The fourth-order valence-corrected chi connectivity index (χ4v) is 3.38. The molecule has 0 saturated carbocycles. The average molecular weight is 372 g/mol. The summed E-state index contributed by atoms with van der Waals surface area (Å²) in [5, 5.41) is 3.21. The normalized spacial score (nSPS) is 10.9. The Morgan fingerprint density at radius 1 is 1.16 bits per heavy atom. The van der Waals surface area contributed by atoms with Crippen molar-refractivity contribution in [2.45, 2.75) is 26.4 Å². The highest BCUT2D eigenvalue weighted by molar-refractivity contribution is 7.13. The van der Waals surface area contributed by atoms with Gasteiger partial charge in [0, 0.05) is 10.9 Å². The predicted octanol–water partition coefficient (Wildman–Crippen LogP) is 5.94. The first-order valence-corrected chi connectivity index (χ1v) is 9.26. The molecule has 0 saturated heterocycles. The summed E-state index contributed by atoms with van der Waals surface area (Å²) in [5.41, 5.74) is 3.46. The molecule has 0 unspecified atom stereocenters. The molecule has 0 atom stereocenters. The number of halogens is 1. The number of carbonyl (C=O) groups excluding carboxylic acids is 1. The lowest BCUT2D eigenvalue weighted by atomic mass is 10.0. The van der Waals surface area contributed by atoms with Gasteiger partial charge in [0.2, 0.25) is 0 Å². The van der Waals surface area contributed by atoms with Crippen LogP contribution in [0.2, 0.25) is 5.02 Å². The Kier molecular flexibility index (Phi) is 5.51. The van der Waals surface area contributed by atoms with Crippen molar-refractivity contribution in [3.05, 3.63) is 75.8 Å². The Morgan fingerprint density at radius 2 is 1.88 bits per heavy atom. The van der Waals surface area contributed by atoms with Crippen molar-refractivity contribution < 1.29 is 9.53 Å². The molecule has 3 rings (SSSR count). The smallest absolute Gasteiger partial charge is 0.340 e. The Bertz CT molecular complexity index is 871. The van der Waals surface area contributed by atoms with E-state index >= 15 is 0 Å². The Morgan fingerprint density at radius 3 is 2.56 bits per heavy atom. The summed E-state index contributed by atoms with van der Waals surface area (Å²) in [4.78, 5) is 16.6. The number of carbonyl (C=O) groups is 1. The monoisotopic (exact) mass is 371 g/mol. The van der Waals surface area contributed by atoms with Crippen LogP contribution >= 0.6 is 22.9 Å². The van der Waals surface area contributed by atoms with Gasteiger partial charge in [0.05, 0.1) is 16.3 Å². The highest BCUT2D eigenvalue weighted by Crippen LogP contribution is 2.26. The van der Waals surface area contributed by atoms with E-state index in [1.54, 1.807) is 24.3 Å². The minimum absolute atomic E-state index is 0.130. The van der Waals surface area contributed by atoms with Crippen molar-refractivity contribution in [1.29, 1.82) is 0 Å². The number of aromatic nitrogens is 1. The van der Waals surface area contributed by atoms with Crippen LogP contribution in [0, 0.1) is 0 Å². The molecular formula is C20H18ClNO2S. The van der Waals surface area contributed by atoms with Gasteiger partial charge in [-0.2, -0.15) is 0 Å². The molecule has 0 bridgehead atoms. The highest BCUT2D eigenvalue weighted by atomic mass is 35.5. The van der Waals surface area contributed by atoms with E-state index < -0.39 is 5.97 Å². The molecule has 25 heavy (non-hydrogen) atoms. The molecule has 0 radical (unpaired) electrons. The summed E-state index contributed by atoms with van der Waals surface area (Å²) in [6.07, 6.45) is 0. The number of rotatable bonds is 5. The van der Waals surface area contributed by atoms with E-state index in [-0.39, 0.29) is 6.61 Å². The summed E-state index contributed by atoms with van der Waals surface area (Å²) < 4.78 is 5.32. The van der Waals surface area contributed by atoms with Crippen LogP contribution in [0.4, 0.5) is 0 Å². The van der Waals surface area contributed by atoms with Crippen LogP contribution in [0.3, 0.4) is 0 Å². The molecule has 0 fully saturated rings. The van der Waals surface area contributed by atoms with Crippen LogP contribution in [0.25, 0.3) is 10.6 Å². The van der Waals surface area contributed by atoms with Crippen molar-refractivity contribution >= 4 is 28.9 Å². The molecule has 0 N–H and O–H groups in total. The second-order valence-corrected chi connectivity index (χ2v) is 7.24. The number of benzene rings is 2. The summed E-state index contributed by atoms with van der Waals surface area (Å²) in [5.74, 6) is 0.0616. The first-order valence-electron chi connectivity index (χ1n) is 8.01. The number of esters is 1. The van der Waals surface area contributed by atoms with E-state index in [2.05, 4.69) is 43.1 Å². The van der Waals surface area contributed by atoms with Crippen LogP contribution < -0.4 is 0 Å². The van der Waals surface area contributed by atoms with Gasteiger partial charge in [0.1, 0.15) is 11.6 Å². The molecule has 0 aliphatic carbocycles. The summed E-state index contributed by atoms with van der Waals surface area (Å²) in [6.45, 7) is 4.47. The van der Waals surface area contributed by atoms with Gasteiger partial charge in [-0.1, -0.05) is 61.8 Å². The number of hydrogen-bond donors (Lipinski definition) is 0. The van der Waals surface area contributed by atoms with Gasteiger partial charge < -0.3 is 4.74 Å². The van der Waals surface area contributed by atoms with E-state index in [0.29, 0.717) is 16.5 Å². The van der Waals surface area contributed by atoms with Crippen LogP contribution in [-0.2, 0) is 11.3 Å². The molecule has 0 aliphatic heterocycles. The fourth-order valence-electron chi connectivity index (χ4n) is 2.36. The zero-order chi connectivity index (χ0) is 17.8. The lowest BCUT2D eigenvalue weighted by Gasteiger charge is -2.05. The minimum atomic E-state index is -0.443. The van der Waals surface area contributed by atoms with E-state index in [0.717, 1.165) is 16.3 Å². The second kappa shape index (κ2) is 7.81. The first kappa shape index (κ1) is 17.6. The van der Waals surface area contributed by atoms with Gasteiger partial charge in [-0.25, -0.2) is 9.78 Å². The van der Waals surface area contributed by atoms with Gasteiger partial charge in [-0.05, 0) is 23.6 Å². The molecule has 5 heteroatoms. The van der Waals surface area contributed by atoms with Crippen molar-refractivity contribution in [1.82, 2.24) is 4.98 Å². The number of thiazole rings is 1. The van der Waals surface area contributed by atoms with Gasteiger partial charge in [-0.3, -0.25) is 0 Å². The molecule has 1 heterocycles. The number of ether oxygens (including phenoxy) is 1. The predicted molar refractivity (Wildman–Crippen MR) is 102 cm³/mol. The van der Waals surface area contributed by atoms with Crippen molar-refractivity contribution in [3.63, 3.8) is 0 Å². The van der Waals surface area contributed by atoms with Gasteiger partial charge in [-0.15, -0.1) is 11.3 Å². The van der Waals surface area contributed by atoms with Crippen LogP contribution in [-0.4, -0.2) is 11.0 Å². The van der Waals surface area contributed by atoms with Gasteiger partial charge in [0.25, 0.3) is 0 Å². The Labute approximate surface area is 156 Å². The standard InChI is InChI=1S/C20H18ClNO2S/c1-13(2)14-7-9-15(10-8-14)19-22-16(12-25-19)11-24-20(23)17-5-3-4-6-18(17)21/h3-10,12-13H,11H2,1-2H3. The number of nitrogens with zero attached hydrogens (tertiary/aromatic N) is 1. The maximum absolute atomic E-state index is 12.1. The minimum Gasteiger partial charge on any atom is -0.456 e. The van der Waals surface area contributed by atoms with E-state index in [4.69, 9.17) is 16.3 Å². The molecule has 2 aromatic carbocycles. The largest absolute Gasteiger partial charge is 0.456 e. The van der Waals surface area contributed by atoms with E-state index in [9.17, 15) is 4.79 Å². The summed E-state index contributed by atoms with van der Waals surface area (Å²) >= 11 is 7.54. The molecule has 128 valence electrons. The highest BCUT2D eigenvalue weighted by Gasteiger charge is 2.12. The maximum Gasteiger partial charge on any atom is 0.340 e. The SMILES string of the molecule is CC(C)c1ccc(-c2nc(COC(=O)c3ccccc3Cl)cs2)cc1. The Hall–Kier alpha value is -2.17. The molecule has 3 aromatic rings. The first-order chi connectivity index (χ1) is 12.0.